The number of phenolic OH excluding ortho intramolecular Hbond substituents is 2. The maximum Gasteiger partial charge on any atom is 0.251 e. The molecule has 0 aliphatic carbocycles. The van der Waals surface area contributed by atoms with Crippen LogP contribution in [0.15, 0.2) is 18.2 Å². The largest absolute Gasteiger partial charge is 0.504 e. The number of nitrogens with one attached hydrogen (secondary N) is 1. The van der Waals surface area contributed by atoms with E-state index in [0.29, 0.717) is 0 Å². The highest BCUT2D eigenvalue weighted by Gasteiger charge is 2.10. The zero-order valence-electron chi connectivity index (χ0n) is 8.27. The molecule has 0 aliphatic rings. The number of benzene rings is 1. The predicted octanol–water partition coefficient (Wildman–Crippen LogP) is 0.208. The number of aliphatic hydroxyl groups is 1. The summed E-state index contributed by atoms with van der Waals surface area (Å²) in [6.45, 7) is 1.49. The summed E-state index contributed by atoms with van der Waals surface area (Å²) in [7, 11) is 0. The standard InChI is InChI=1S/C10H13NO4/c1-6(5-12)11-10(15)7-2-3-8(13)9(14)4-7/h2-4,6,12-14H,5H2,1H3,(H,11,15)/t6-/m0/s1. The third-order valence-corrected chi connectivity index (χ3v) is 1.89. The zero-order valence-corrected chi connectivity index (χ0v) is 8.27. The van der Waals surface area contributed by atoms with Gasteiger partial charge < -0.3 is 20.6 Å². The number of amides is 1. The Bertz CT molecular complexity index is 364. The van der Waals surface area contributed by atoms with Gasteiger partial charge in [0, 0.05) is 11.6 Å². The first-order valence-electron chi connectivity index (χ1n) is 4.48. The molecule has 0 unspecified atom stereocenters. The van der Waals surface area contributed by atoms with Crippen LogP contribution in [0.5, 0.6) is 11.5 Å². The van der Waals surface area contributed by atoms with Crippen LogP contribution >= 0.6 is 0 Å². The van der Waals surface area contributed by atoms with Crippen molar-refractivity contribution in [2.75, 3.05) is 6.61 Å². The van der Waals surface area contributed by atoms with Gasteiger partial charge in [-0.05, 0) is 25.1 Å². The van der Waals surface area contributed by atoms with Gasteiger partial charge in [-0.15, -0.1) is 0 Å². The normalized spacial score (nSPS) is 12.1. The summed E-state index contributed by atoms with van der Waals surface area (Å²) in [5, 5.41) is 29.4. The summed E-state index contributed by atoms with van der Waals surface area (Å²) >= 11 is 0. The predicted molar refractivity (Wildman–Crippen MR) is 53.8 cm³/mol. The van der Waals surface area contributed by atoms with Crippen molar-refractivity contribution in [3.8, 4) is 11.5 Å². The lowest BCUT2D eigenvalue weighted by Gasteiger charge is -2.10. The van der Waals surface area contributed by atoms with Crippen LogP contribution in [-0.4, -0.2) is 33.9 Å². The van der Waals surface area contributed by atoms with Crippen LogP contribution in [0.2, 0.25) is 0 Å². The van der Waals surface area contributed by atoms with Crippen LogP contribution in [0, 0.1) is 0 Å². The van der Waals surface area contributed by atoms with Crippen LogP contribution in [0.4, 0.5) is 0 Å². The Hall–Kier alpha value is -1.75. The van der Waals surface area contributed by atoms with E-state index in [9.17, 15) is 4.79 Å². The van der Waals surface area contributed by atoms with Gasteiger partial charge >= 0.3 is 0 Å². The monoisotopic (exact) mass is 211 g/mol. The first-order chi connectivity index (χ1) is 7.04. The maximum atomic E-state index is 11.5. The highest BCUT2D eigenvalue weighted by atomic mass is 16.3. The molecule has 4 N–H and O–H groups in total. The van der Waals surface area contributed by atoms with Gasteiger partial charge in [-0.2, -0.15) is 0 Å². The Morgan fingerprint density at radius 3 is 2.60 bits per heavy atom. The number of hydrogen-bond acceptors (Lipinski definition) is 4. The first-order valence-corrected chi connectivity index (χ1v) is 4.48. The summed E-state index contributed by atoms with van der Waals surface area (Å²) in [5.41, 5.74) is 0.227. The Kier molecular flexibility index (Phi) is 3.51. The molecule has 0 saturated carbocycles. The Morgan fingerprint density at radius 1 is 1.40 bits per heavy atom. The molecular formula is C10H13NO4. The second kappa shape index (κ2) is 4.65. The van der Waals surface area contributed by atoms with Crippen LogP contribution < -0.4 is 5.32 Å². The van der Waals surface area contributed by atoms with Gasteiger partial charge in [0.15, 0.2) is 11.5 Å². The van der Waals surface area contributed by atoms with Crippen LogP contribution in [0.25, 0.3) is 0 Å². The molecular weight excluding hydrogens is 198 g/mol. The molecule has 15 heavy (non-hydrogen) atoms. The van der Waals surface area contributed by atoms with Gasteiger partial charge in [0.2, 0.25) is 0 Å². The number of carbonyl (C=O) groups is 1. The molecule has 5 nitrogen and oxygen atoms in total. The summed E-state index contributed by atoms with van der Waals surface area (Å²) in [6, 6.07) is 3.42. The number of aromatic hydroxyl groups is 2. The molecule has 82 valence electrons. The summed E-state index contributed by atoms with van der Waals surface area (Å²) in [6.07, 6.45) is 0. The van der Waals surface area contributed by atoms with E-state index in [1.54, 1.807) is 6.92 Å². The van der Waals surface area contributed by atoms with Gasteiger partial charge in [0.05, 0.1) is 6.61 Å². The molecule has 0 saturated heterocycles. The van der Waals surface area contributed by atoms with Crippen molar-refractivity contribution in [1.82, 2.24) is 5.32 Å². The molecule has 0 aliphatic heterocycles. The Balaban J connectivity index is 2.78. The molecule has 0 aromatic heterocycles. The molecule has 1 aromatic carbocycles. The maximum absolute atomic E-state index is 11.5. The van der Waals surface area contributed by atoms with Crippen molar-refractivity contribution >= 4 is 5.91 Å². The van der Waals surface area contributed by atoms with Crippen molar-refractivity contribution in [3.63, 3.8) is 0 Å². The zero-order chi connectivity index (χ0) is 11.4. The molecule has 1 aromatic rings. The molecule has 0 spiro atoms. The molecule has 0 fully saturated rings. The second-order valence-corrected chi connectivity index (χ2v) is 3.26. The average molecular weight is 211 g/mol. The fraction of sp³-hybridized carbons (Fsp3) is 0.300. The van der Waals surface area contributed by atoms with E-state index in [2.05, 4.69) is 5.32 Å². The molecule has 1 rings (SSSR count). The van der Waals surface area contributed by atoms with E-state index in [0.717, 1.165) is 6.07 Å². The van der Waals surface area contributed by atoms with Gasteiger partial charge in [0.25, 0.3) is 5.91 Å². The van der Waals surface area contributed by atoms with E-state index in [1.807, 2.05) is 0 Å². The van der Waals surface area contributed by atoms with E-state index >= 15 is 0 Å². The van der Waals surface area contributed by atoms with Crippen LogP contribution in [0.1, 0.15) is 17.3 Å². The van der Waals surface area contributed by atoms with Gasteiger partial charge in [-0.3, -0.25) is 4.79 Å². The van der Waals surface area contributed by atoms with Crippen molar-refractivity contribution in [2.45, 2.75) is 13.0 Å². The smallest absolute Gasteiger partial charge is 0.251 e. The lowest BCUT2D eigenvalue weighted by Crippen LogP contribution is -2.34. The fourth-order valence-electron chi connectivity index (χ4n) is 1.02. The highest BCUT2D eigenvalue weighted by Crippen LogP contribution is 2.24. The second-order valence-electron chi connectivity index (χ2n) is 3.26. The minimum absolute atomic E-state index is 0.157. The number of rotatable bonds is 3. The van der Waals surface area contributed by atoms with E-state index in [4.69, 9.17) is 15.3 Å². The van der Waals surface area contributed by atoms with Crippen LogP contribution in [-0.2, 0) is 0 Å². The molecule has 0 radical (unpaired) electrons. The van der Waals surface area contributed by atoms with Crippen molar-refractivity contribution in [1.29, 1.82) is 0 Å². The fourth-order valence-corrected chi connectivity index (χ4v) is 1.02. The average Bonchev–Trinajstić information content (AvgIpc) is 2.21. The van der Waals surface area contributed by atoms with Gasteiger partial charge in [0.1, 0.15) is 0 Å². The minimum Gasteiger partial charge on any atom is -0.504 e. The molecule has 0 bridgehead atoms. The number of carbonyl (C=O) groups excluding carboxylic acids is 1. The summed E-state index contributed by atoms with van der Waals surface area (Å²) in [4.78, 5) is 11.5. The lowest BCUT2D eigenvalue weighted by atomic mass is 10.2. The Morgan fingerprint density at radius 2 is 2.07 bits per heavy atom. The molecule has 0 heterocycles. The van der Waals surface area contributed by atoms with E-state index in [1.165, 1.54) is 12.1 Å². The lowest BCUT2D eigenvalue weighted by molar-refractivity contribution is 0.0922. The minimum atomic E-state index is -0.410. The van der Waals surface area contributed by atoms with Crippen molar-refractivity contribution < 1.29 is 20.1 Å². The van der Waals surface area contributed by atoms with E-state index in [-0.39, 0.29) is 29.7 Å². The third-order valence-electron chi connectivity index (χ3n) is 1.89. The van der Waals surface area contributed by atoms with Gasteiger partial charge in [-0.1, -0.05) is 0 Å². The first kappa shape index (κ1) is 11.3. The van der Waals surface area contributed by atoms with Crippen molar-refractivity contribution in [2.24, 2.45) is 0 Å². The van der Waals surface area contributed by atoms with Gasteiger partial charge in [-0.25, -0.2) is 0 Å². The number of hydrogen-bond donors (Lipinski definition) is 4. The molecule has 1 atom stereocenters. The molecule has 5 heteroatoms. The van der Waals surface area contributed by atoms with Crippen LogP contribution in [0.3, 0.4) is 0 Å². The summed E-state index contributed by atoms with van der Waals surface area (Å²) < 4.78 is 0. The van der Waals surface area contributed by atoms with E-state index < -0.39 is 5.91 Å². The number of phenols is 2. The molecule has 1 amide bonds. The quantitative estimate of drug-likeness (QED) is 0.538. The number of aliphatic hydroxyl groups excluding tert-OH is 1. The topological polar surface area (TPSA) is 89.8 Å². The SMILES string of the molecule is C[C@@H](CO)NC(=O)c1ccc(O)c(O)c1. The Labute approximate surface area is 87.0 Å². The third kappa shape index (κ3) is 2.85. The van der Waals surface area contributed by atoms with Crippen molar-refractivity contribution in [3.05, 3.63) is 23.8 Å². The summed E-state index contributed by atoms with van der Waals surface area (Å²) in [5.74, 6) is -1.03. The highest BCUT2D eigenvalue weighted by molar-refractivity contribution is 5.95.